The highest BCUT2D eigenvalue weighted by atomic mass is 19.1. The Kier molecular flexibility index (Phi) is 6.74. The number of aliphatic imine (C=N–C) groups is 1. The van der Waals surface area contributed by atoms with Crippen LogP contribution in [0.2, 0.25) is 0 Å². The quantitative estimate of drug-likeness (QED) is 0.202. The molecule has 3 aromatic carbocycles. The Morgan fingerprint density at radius 1 is 1.03 bits per heavy atom. The van der Waals surface area contributed by atoms with Gasteiger partial charge in [0.15, 0.2) is 0 Å². The third-order valence-corrected chi connectivity index (χ3v) is 7.10. The lowest BCUT2D eigenvalue weighted by Gasteiger charge is -2.18. The molecule has 5 rings (SSSR count). The molecule has 7 heteroatoms. The van der Waals surface area contributed by atoms with Gasteiger partial charge in [0.2, 0.25) is 0 Å². The van der Waals surface area contributed by atoms with E-state index in [1.807, 2.05) is 31.2 Å². The number of allylic oxidation sites excluding steroid dienone is 2. The molecule has 0 aliphatic heterocycles. The molecular formula is C32H28FN3O3. The molecule has 0 spiro atoms. The Labute approximate surface area is 225 Å². The molecule has 0 radical (unpaired) electrons. The summed E-state index contributed by atoms with van der Waals surface area (Å²) in [7, 11) is 1.55. The molecule has 6 nitrogen and oxygen atoms in total. The summed E-state index contributed by atoms with van der Waals surface area (Å²) in [6.45, 7) is 9.33. The highest BCUT2D eigenvalue weighted by Crippen LogP contribution is 2.43. The minimum Gasteiger partial charge on any atom is -0.455 e. The maximum absolute atomic E-state index is 13.5. The molecule has 0 saturated heterocycles. The molecule has 1 heterocycles. The van der Waals surface area contributed by atoms with E-state index in [2.05, 4.69) is 28.9 Å². The second-order valence-electron chi connectivity index (χ2n) is 9.61. The van der Waals surface area contributed by atoms with Crippen molar-refractivity contribution in [1.82, 2.24) is 10.6 Å². The van der Waals surface area contributed by atoms with E-state index in [0.29, 0.717) is 39.1 Å². The molecule has 1 saturated carbocycles. The van der Waals surface area contributed by atoms with E-state index in [4.69, 9.17) is 4.42 Å². The fourth-order valence-corrected chi connectivity index (χ4v) is 4.83. The highest BCUT2D eigenvalue weighted by Gasteiger charge is 2.47. The number of halogens is 1. The van der Waals surface area contributed by atoms with Gasteiger partial charge < -0.3 is 15.1 Å². The first-order valence-electron chi connectivity index (χ1n) is 12.6. The van der Waals surface area contributed by atoms with E-state index < -0.39 is 5.54 Å². The number of benzene rings is 3. The Balaban J connectivity index is 1.55. The molecule has 1 aliphatic rings. The summed E-state index contributed by atoms with van der Waals surface area (Å²) in [6, 6.07) is 16.9. The van der Waals surface area contributed by atoms with Gasteiger partial charge in [0.1, 0.15) is 17.2 Å². The van der Waals surface area contributed by atoms with Gasteiger partial charge in [-0.15, -0.1) is 0 Å². The molecule has 1 fully saturated rings. The number of aryl methyl sites for hydroxylation is 1. The summed E-state index contributed by atoms with van der Waals surface area (Å²) in [5.41, 5.74) is 4.81. The van der Waals surface area contributed by atoms with Gasteiger partial charge in [-0.1, -0.05) is 24.8 Å². The summed E-state index contributed by atoms with van der Waals surface area (Å²) in [4.78, 5) is 30.3. The lowest BCUT2D eigenvalue weighted by atomic mass is 9.95. The van der Waals surface area contributed by atoms with Crippen LogP contribution in [0.15, 0.2) is 94.5 Å². The molecule has 0 atom stereocenters. The van der Waals surface area contributed by atoms with Gasteiger partial charge in [0, 0.05) is 23.6 Å². The predicted molar refractivity (Wildman–Crippen MR) is 152 cm³/mol. The van der Waals surface area contributed by atoms with Crippen molar-refractivity contribution in [3.8, 4) is 22.5 Å². The number of nitrogens with zero attached hydrogens (tertiary/aromatic N) is 1. The van der Waals surface area contributed by atoms with Crippen molar-refractivity contribution >= 4 is 29.5 Å². The monoisotopic (exact) mass is 521 g/mol. The standard InChI is InChI=1S/C32H28FN3O3/c1-5-6-27(34-3)32(15-16-32)36-30(37)22-8-7-19(2)24(18-22)21-11-14-26-25(17-21)28(31(38)35-4)29(39-26)20-9-12-23(33)13-10-20/h5-14,17-18H,1,3,15-16H2,2,4H3,(H,35,38)(H,36,37)/b27-6-. The molecule has 2 amide bonds. The number of carbonyl (C=O) groups excluding carboxylic acids is 2. The zero-order valence-electron chi connectivity index (χ0n) is 21.8. The van der Waals surface area contributed by atoms with Crippen molar-refractivity contribution in [2.45, 2.75) is 25.3 Å². The lowest BCUT2D eigenvalue weighted by molar-refractivity contribution is 0.0935. The number of furan rings is 1. The van der Waals surface area contributed by atoms with Crippen molar-refractivity contribution in [3.05, 3.63) is 108 Å². The smallest absolute Gasteiger partial charge is 0.255 e. The fourth-order valence-electron chi connectivity index (χ4n) is 4.83. The van der Waals surface area contributed by atoms with E-state index in [-0.39, 0.29) is 17.6 Å². The minimum absolute atomic E-state index is 0.207. The van der Waals surface area contributed by atoms with E-state index in [1.54, 1.807) is 43.5 Å². The molecule has 196 valence electrons. The van der Waals surface area contributed by atoms with Crippen LogP contribution < -0.4 is 10.6 Å². The molecule has 2 N–H and O–H groups in total. The Morgan fingerprint density at radius 2 is 1.74 bits per heavy atom. The van der Waals surface area contributed by atoms with Gasteiger partial charge in [-0.3, -0.25) is 14.6 Å². The Hall–Kier alpha value is -4.78. The van der Waals surface area contributed by atoms with Gasteiger partial charge in [-0.25, -0.2) is 4.39 Å². The first-order valence-corrected chi connectivity index (χ1v) is 12.6. The molecule has 39 heavy (non-hydrogen) atoms. The number of hydrogen-bond donors (Lipinski definition) is 2. The van der Waals surface area contributed by atoms with Crippen molar-refractivity contribution in [3.63, 3.8) is 0 Å². The fraction of sp³-hybridized carbons (Fsp3) is 0.156. The second kappa shape index (κ2) is 10.2. The highest BCUT2D eigenvalue weighted by molar-refractivity contribution is 6.12. The van der Waals surface area contributed by atoms with E-state index in [0.717, 1.165) is 29.5 Å². The van der Waals surface area contributed by atoms with Crippen LogP contribution in [0.25, 0.3) is 33.4 Å². The van der Waals surface area contributed by atoms with Crippen LogP contribution in [0, 0.1) is 12.7 Å². The summed E-state index contributed by atoms with van der Waals surface area (Å²) in [5, 5.41) is 6.42. The number of rotatable bonds is 8. The number of amides is 2. The average Bonchev–Trinajstić information content (AvgIpc) is 3.62. The summed E-state index contributed by atoms with van der Waals surface area (Å²) in [6.07, 6.45) is 4.98. The van der Waals surface area contributed by atoms with E-state index >= 15 is 0 Å². The number of fused-ring (bicyclic) bond motifs is 1. The van der Waals surface area contributed by atoms with E-state index in [1.165, 1.54) is 12.1 Å². The molecule has 1 aliphatic carbocycles. The molecule has 0 bridgehead atoms. The average molecular weight is 522 g/mol. The molecular weight excluding hydrogens is 493 g/mol. The van der Waals surface area contributed by atoms with Crippen molar-refractivity contribution in [2.24, 2.45) is 4.99 Å². The van der Waals surface area contributed by atoms with Gasteiger partial charge in [0.25, 0.3) is 11.8 Å². The molecule has 0 unspecified atom stereocenters. The molecule has 4 aromatic rings. The van der Waals surface area contributed by atoms with Crippen LogP contribution in [0.1, 0.15) is 39.1 Å². The van der Waals surface area contributed by atoms with Crippen LogP contribution in [0.4, 0.5) is 4.39 Å². The maximum Gasteiger partial charge on any atom is 0.255 e. The predicted octanol–water partition coefficient (Wildman–Crippen LogP) is 6.61. The van der Waals surface area contributed by atoms with E-state index in [9.17, 15) is 14.0 Å². The topological polar surface area (TPSA) is 83.7 Å². The van der Waals surface area contributed by atoms with Crippen molar-refractivity contribution < 1.29 is 18.4 Å². The van der Waals surface area contributed by atoms with Crippen molar-refractivity contribution in [2.75, 3.05) is 7.05 Å². The van der Waals surface area contributed by atoms with Crippen LogP contribution in [0.3, 0.4) is 0 Å². The first-order chi connectivity index (χ1) is 18.8. The van der Waals surface area contributed by atoms with Crippen molar-refractivity contribution in [1.29, 1.82) is 0 Å². The number of carbonyl (C=O) groups is 2. The van der Waals surface area contributed by atoms with Crippen LogP contribution in [-0.4, -0.2) is 31.1 Å². The SMILES string of the molecule is C=C/C=C(\N=C)C1(NC(=O)c2ccc(C)c(-c3ccc4oc(-c5ccc(F)cc5)c(C(=O)NC)c4c3)c2)CC1. The largest absolute Gasteiger partial charge is 0.455 e. The van der Waals surface area contributed by atoms with Crippen LogP contribution >= 0.6 is 0 Å². The third-order valence-electron chi connectivity index (χ3n) is 7.10. The normalized spacial score (nSPS) is 14.1. The second-order valence-corrected chi connectivity index (χ2v) is 9.61. The Morgan fingerprint density at radius 3 is 2.38 bits per heavy atom. The zero-order valence-corrected chi connectivity index (χ0v) is 21.8. The first kappa shape index (κ1) is 25.9. The third kappa shape index (κ3) is 4.79. The van der Waals surface area contributed by atoms with Crippen LogP contribution in [0.5, 0.6) is 0 Å². The maximum atomic E-state index is 13.5. The van der Waals surface area contributed by atoms with Gasteiger partial charge in [-0.05, 0) is 97.8 Å². The molecule has 1 aromatic heterocycles. The zero-order chi connectivity index (χ0) is 27.7. The Bertz CT molecular complexity index is 1660. The summed E-state index contributed by atoms with van der Waals surface area (Å²) >= 11 is 0. The number of hydrogen-bond acceptors (Lipinski definition) is 4. The van der Waals surface area contributed by atoms with Gasteiger partial charge in [0.05, 0.1) is 16.8 Å². The number of nitrogens with one attached hydrogen (secondary N) is 2. The lowest BCUT2D eigenvalue weighted by Crippen LogP contribution is -2.38. The summed E-state index contributed by atoms with van der Waals surface area (Å²) in [5.74, 6) is -0.537. The minimum atomic E-state index is -0.521. The van der Waals surface area contributed by atoms with Gasteiger partial charge in [-0.2, -0.15) is 0 Å². The van der Waals surface area contributed by atoms with Crippen LogP contribution in [-0.2, 0) is 0 Å². The van der Waals surface area contributed by atoms with Gasteiger partial charge >= 0.3 is 0 Å². The summed E-state index contributed by atoms with van der Waals surface area (Å²) < 4.78 is 19.6.